The molecular formula is C17H21NO6. The van der Waals surface area contributed by atoms with Crippen molar-refractivity contribution in [2.45, 2.75) is 26.3 Å². The number of esters is 2. The van der Waals surface area contributed by atoms with Crippen molar-refractivity contribution in [2.24, 2.45) is 5.92 Å². The summed E-state index contributed by atoms with van der Waals surface area (Å²) in [5, 5.41) is 2.49. The van der Waals surface area contributed by atoms with Crippen LogP contribution in [-0.2, 0) is 19.1 Å². The molecule has 130 valence electrons. The highest BCUT2D eigenvalue weighted by molar-refractivity contribution is 5.92. The molecule has 0 bridgehead atoms. The second kappa shape index (κ2) is 9.44. The maximum Gasteiger partial charge on any atom is 0.338 e. The Labute approximate surface area is 140 Å². The van der Waals surface area contributed by atoms with E-state index in [4.69, 9.17) is 4.74 Å². The van der Waals surface area contributed by atoms with Crippen molar-refractivity contribution in [1.29, 1.82) is 0 Å². The fraction of sp³-hybridized carbons (Fsp3) is 0.412. The fourth-order valence-electron chi connectivity index (χ4n) is 1.98. The van der Waals surface area contributed by atoms with Crippen LogP contribution in [0.2, 0.25) is 0 Å². The zero-order valence-electron chi connectivity index (χ0n) is 13.9. The molecule has 0 aliphatic carbocycles. The molecule has 1 atom stereocenters. The molecule has 0 aliphatic heterocycles. The summed E-state index contributed by atoms with van der Waals surface area (Å²) in [6, 6.07) is 5.02. The number of hydrogen-bond donors (Lipinski definition) is 1. The molecule has 0 fully saturated rings. The van der Waals surface area contributed by atoms with Gasteiger partial charge in [-0.05, 0) is 24.5 Å². The van der Waals surface area contributed by atoms with Crippen LogP contribution in [0.3, 0.4) is 0 Å². The molecule has 24 heavy (non-hydrogen) atoms. The largest absolute Gasteiger partial charge is 0.467 e. The van der Waals surface area contributed by atoms with Gasteiger partial charge in [-0.15, -0.1) is 0 Å². The molecule has 0 aromatic heterocycles. The van der Waals surface area contributed by atoms with Gasteiger partial charge in [0.15, 0.2) is 6.61 Å². The van der Waals surface area contributed by atoms with E-state index in [9.17, 15) is 19.2 Å². The number of methoxy groups -OCH3 is 1. The summed E-state index contributed by atoms with van der Waals surface area (Å²) in [4.78, 5) is 45.9. The van der Waals surface area contributed by atoms with Crippen molar-refractivity contribution in [3.05, 3.63) is 35.4 Å². The van der Waals surface area contributed by atoms with Crippen molar-refractivity contribution in [2.75, 3.05) is 13.7 Å². The van der Waals surface area contributed by atoms with Crippen LogP contribution in [0.25, 0.3) is 0 Å². The average Bonchev–Trinajstić information content (AvgIpc) is 2.58. The van der Waals surface area contributed by atoms with E-state index in [1.807, 2.05) is 13.8 Å². The number of rotatable bonds is 8. The van der Waals surface area contributed by atoms with Gasteiger partial charge in [-0.3, -0.25) is 9.59 Å². The van der Waals surface area contributed by atoms with Crippen molar-refractivity contribution in [1.82, 2.24) is 5.32 Å². The van der Waals surface area contributed by atoms with Crippen LogP contribution in [-0.4, -0.2) is 43.9 Å². The van der Waals surface area contributed by atoms with Gasteiger partial charge in [0, 0.05) is 5.56 Å². The predicted molar refractivity (Wildman–Crippen MR) is 85.5 cm³/mol. The van der Waals surface area contributed by atoms with Crippen molar-refractivity contribution in [3.63, 3.8) is 0 Å². The van der Waals surface area contributed by atoms with E-state index in [-0.39, 0.29) is 11.5 Å². The van der Waals surface area contributed by atoms with Crippen LogP contribution in [0.1, 0.15) is 41.0 Å². The van der Waals surface area contributed by atoms with E-state index in [1.54, 1.807) is 0 Å². The number of hydrogen-bond acceptors (Lipinski definition) is 6. The van der Waals surface area contributed by atoms with E-state index in [0.29, 0.717) is 18.3 Å². The van der Waals surface area contributed by atoms with Crippen LogP contribution in [0.4, 0.5) is 0 Å². The van der Waals surface area contributed by atoms with Gasteiger partial charge in [-0.2, -0.15) is 0 Å². The standard InChI is InChI=1S/C17H21NO6/c1-11(2)8-14(17(22)23-3)18-15(20)10-24-16(21)13-6-4-12(9-19)5-7-13/h4-7,9,11,14H,8,10H2,1-3H3,(H,18,20)/t14-/m0/s1. The average molecular weight is 335 g/mol. The summed E-state index contributed by atoms with van der Waals surface area (Å²) in [6.45, 7) is 3.30. The zero-order valence-corrected chi connectivity index (χ0v) is 13.9. The second-order valence-electron chi connectivity index (χ2n) is 5.59. The fourth-order valence-corrected chi connectivity index (χ4v) is 1.98. The first-order chi connectivity index (χ1) is 11.4. The second-order valence-corrected chi connectivity index (χ2v) is 5.59. The molecule has 1 N–H and O–H groups in total. The van der Waals surface area contributed by atoms with Gasteiger partial charge in [0.05, 0.1) is 12.7 Å². The summed E-state index contributed by atoms with van der Waals surface area (Å²) >= 11 is 0. The molecule has 0 aliphatic rings. The molecule has 1 aromatic carbocycles. The topological polar surface area (TPSA) is 98.8 Å². The van der Waals surface area contributed by atoms with Gasteiger partial charge >= 0.3 is 11.9 Å². The Kier molecular flexibility index (Phi) is 7.61. The molecule has 1 aromatic rings. The van der Waals surface area contributed by atoms with Crippen molar-refractivity contribution < 1.29 is 28.7 Å². The normalized spacial score (nSPS) is 11.5. The highest BCUT2D eigenvalue weighted by Gasteiger charge is 2.23. The molecule has 0 heterocycles. The number of benzene rings is 1. The highest BCUT2D eigenvalue weighted by Crippen LogP contribution is 2.07. The minimum absolute atomic E-state index is 0.174. The van der Waals surface area contributed by atoms with E-state index >= 15 is 0 Å². The van der Waals surface area contributed by atoms with Crippen LogP contribution >= 0.6 is 0 Å². The Morgan fingerprint density at radius 2 is 1.79 bits per heavy atom. The van der Waals surface area contributed by atoms with Gasteiger partial charge in [-0.25, -0.2) is 9.59 Å². The smallest absolute Gasteiger partial charge is 0.338 e. The number of ether oxygens (including phenoxy) is 2. The molecule has 7 nitrogen and oxygen atoms in total. The molecule has 7 heteroatoms. The summed E-state index contributed by atoms with van der Waals surface area (Å²) in [7, 11) is 1.24. The summed E-state index contributed by atoms with van der Waals surface area (Å²) in [6.07, 6.45) is 1.07. The van der Waals surface area contributed by atoms with Crippen LogP contribution in [0.15, 0.2) is 24.3 Å². The lowest BCUT2D eigenvalue weighted by molar-refractivity contribution is -0.145. The number of amides is 1. The maximum atomic E-state index is 11.8. The third-order valence-electron chi connectivity index (χ3n) is 3.14. The molecule has 0 saturated heterocycles. The summed E-state index contributed by atoms with van der Waals surface area (Å²) in [5.74, 6) is -1.66. The lowest BCUT2D eigenvalue weighted by Crippen LogP contribution is -2.44. The van der Waals surface area contributed by atoms with Gasteiger partial charge in [0.1, 0.15) is 12.3 Å². The monoisotopic (exact) mass is 335 g/mol. The van der Waals surface area contributed by atoms with Crippen LogP contribution in [0, 0.1) is 5.92 Å². The molecule has 1 rings (SSSR count). The lowest BCUT2D eigenvalue weighted by atomic mass is 10.0. The van der Waals surface area contributed by atoms with E-state index in [0.717, 1.165) is 0 Å². The lowest BCUT2D eigenvalue weighted by Gasteiger charge is -2.18. The van der Waals surface area contributed by atoms with Gasteiger partial charge in [0.25, 0.3) is 5.91 Å². The summed E-state index contributed by atoms with van der Waals surface area (Å²) < 4.78 is 9.53. The first kappa shape index (κ1) is 19.3. The molecule has 0 saturated carbocycles. The number of nitrogens with one attached hydrogen (secondary N) is 1. The Morgan fingerprint density at radius 3 is 2.29 bits per heavy atom. The third kappa shape index (κ3) is 6.20. The molecule has 0 radical (unpaired) electrons. The molecule has 0 unspecified atom stereocenters. The Bertz CT molecular complexity index is 594. The Morgan fingerprint density at radius 1 is 1.17 bits per heavy atom. The molecular weight excluding hydrogens is 314 g/mol. The van der Waals surface area contributed by atoms with Gasteiger partial charge in [-0.1, -0.05) is 26.0 Å². The Balaban J connectivity index is 2.55. The van der Waals surface area contributed by atoms with Gasteiger partial charge in [0.2, 0.25) is 0 Å². The molecule has 0 spiro atoms. The number of carbonyl (C=O) groups is 4. The summed E-state index contributed by atoms with van der Waals surface area (Å²) in [5.41, 5.74) is 0.652. The minimum atomic E-state index is -0.784. The first-order valence-corrected chi connectivity index (χ1v) is 7.47. The maximum absolute atomic E-state index is 11.8. The van der Waals surface area contributed by atoms with Gasteiger partial charge < -0.3 is 14.8 Å². The van der Waals surface area contributed by atoms with Crippen molar-refractivity contribution in [3.8, 4) is 0 Å². The zero-order chi connectivity index (χ0) is 18.1. The SMILES string of the molecule is COC(=O)[C@H](CC(C)C)NC(=O)COC(=O)c1ccc(C=O)cc1. The quantitative estimate of drug-likeness (QED) is 0.569. The first-order valence-electron chi connectivity index (χ1n) is 7.47. The third-order valence-corrected chi connectivity index (χ3v) is 3.14. The van der Waals surface area contributed by atoms with E-state index in [2.05, 4.69) is 10.1 Å². The van der Waals surface area contributed by atoms with E-state index in [1.165, 1.54) is 31.4 Å². The van der Waals surface area contributed by atoms with E-state index < -0.39 is 30.5 Å². The van der Waals surface area contributed by atoms with Crippen LogP contribution < -0.4 is 5.32 Å². The number of carbonyl (C=O) groups excluding carboxylic acids is 4. The van der Waals surface area contributed by atoms with Crippen LogP contribution in [0.5, 0.6) is 0 Å². The number of aldehydes is 1. The minimum Gasteiger partial charge on any atom is -0.467 e. The molecule has 1 amide bonds. The van der Waals surface area contributed by atoms with Crippen molar-refractivity contribution >= 4 is 24.1 Å². The highest BCUT2D eigenvalue weighted by atomic mass is 16.5. The predicted octanol–water partition coefficient (Wildman–Crippen LogP) is 1.36. The Hall–Kier alpha value is -2.70.